The largest absolute Gasteiger partial charge is 0.270 e. The number of nitro groups is 1. The second-order valence-electron chi connectivity index (χ2n) is 5.34. The van der Waals surface area contributed by atoms with Gasteiger partial charge in [-0.2, -0.15) is 4.31 Å². The van der Waals surface area contributed by atoms with Crippen molar-refractivity contribution in [1.82, 2.24) is 4.31 Å². The van der Waals surface area contributed by atoms with Crippen LogP contribution in [0.4, 0.5) is 5.69 Å². The molecule has 1 aliphatic heterocycles. The maximum Gasteiger partial charge on any atom is 0.270 e. The lowest BCUT2D eigenvalue weighted by molar-refractivity contribution is -0.385. The molecule has 6 nitrogen and oxygen atoms in total. The SMILES string of the molecule is C[C@@H]1CCC[C@H](C)N1S(=O)(=O)c1cc([N+](=O)[O-])ccc1Cl. The number of sulfonamides is 1. The van der Waals surface area contributed by atoms with Crippen LogP contribution in [-0.4, -0.2) is 29.7 Å². The number of rotatable bonds is 3. The molecule has 1 fully saturated rings. The molecule has 0 saturated carbocycles. The molecule has 1 aromatic rings. The minimum Gasteiger partial charge on any atom is -0.258 e. The minimum absolute atomic E-state index is 0.00516. The van der Waals surface area contributed by atoms with E-state index < -0.39 is 14.9 Å². The van der Waals surface area contributed by atoms with E-state index in [1.807, 2.05) is 13.8 Å². The molecule has 21 heavy (non-hydrogen) atoms. The number of hydrogen-bond donors (Lipinski definition) is 0. The molecule has 2 atom stereocenters. The van der Waals surface area contributed by atoms with E-state index in [0.717, 1.165) is 25.3 Å². The summed E-state index contributed by atoms with van der Waals surface area (Å²) in [7, 11) is -3.85. The van der Waals surface area contributed by atoms with Crippen LogP contribution in [0, 0.1) is 10.1 Å². The molecule has 0 aromatic heterocycles. The highest BCUT2D eigenvalue weighted by molar-refractivity contribution is 7.89. The van der Waals surface area contributed by atoms with Gasteiger partial charge in [-0.15, -0.1) is 0 Å². The quantitative estimate of drug-likeness (QED) is 0.628. The number of non-ortho nitro benzene ring substituents is 1. The molecule has 0 bridgehead atoms. The summed E-state index contributed by atoms with van der Waals surface area (Å²) in [5.74, 6) is 0. The first-order chi connectivity index (χ1) is 9.75. The van der Waals surface area contributed by atoms with Gasteiger partial charge in [0.15, 0.2) is 0 Å². The van der Waals surface area contributed by atoms with Crippen molar-refractivity contribution in [3.63, 3.8) is 0 Å². The first-order valence-corrected chi connectivity index (χ1v) is 8.54. The molecule has 8 heteroatoms. The fraction of sp³-hybridized carbons (Fsp3) is 0.538. The highest BCUT2D eigenvalue weighted by Crippen LogP contribution is 2.34. The van der Waals surface area contributed by atoms with E-state index in [-0.39, 0.29) is 27.7 Å². The average Bonchev–Trinajstić information content (AvgIpc) is 2.38. The third kappa shape index (κ3) is 3.04. The van der Waals surface area contributed by atoms with Crippen LogP contribution in [0.5, 0.6) is 0 Å². The Morgan fingerprint density at radius 2 is 1.86 bits per heavy atom. The van der Waals surface area contributed by atoms with E-state index in [0.29, 0.717) is 0 Å². The van der Waals surface area contributed by atoms with Crippen molar-refractivity contribution in [2.45, 2.75) is 50.1 Å². The van der Waals surface area contributed by atoms with Gasteiger partial charge in [-0.05, 0) is 32.8 Å². The van der Waals surface area contributed by atoms with E-state index in [1.54, 1.807) is 0 Å². The number of benzene rings is 1. The molecule has 0 amide bonds. The van der Waals surface area contributed by atoms with Gasteiger partial charge in [0.25, 0.3) is 5.69 Å². The van der Waals surface area contributed by atoms with Gasteiger partial charge >= 0.3 is 0 Å². The predicted octanol–water partition coefficient (Wildman–Crippen LogP) is 3.20. The third-order valence-corrected chi connectivity index (χ3v) is 6.40. The lowest BCUT2D eigenvalue weighted by Crippen LogP contribution is -2.47. The molecule has 1 aromatic carbocycles. The lowest BCUT2D eigenvalue weighted by atomic mass is 10.0. The Morgan fingerprint density at radius 1 is 1.29 bits per heavy atom. The van der Waals surface area contributed by atoms with Crippen LogP contribution in [0.25, 0.3) is 0 Å². The molecule has 2 rings (SSSR count). The van der Waals surface area contributed by atoms with Gasteiger partial charge in [0.2, 0.25) is 10.0 Å². The lowest BCUT2D eigenvalue weighted by Gasteiger charge is -2.37. The molecule has 1 saturated heterocycles. The fourth-order valence-electron chi connectivity index (χ4n) is 2.79. The van der Waals surface area contributed by atoms with E-state index in [2.05, 4.69) is 0 Å². The van der Waals surface area contributed by atoms with Crippen LogP contribution in [0.3, 0.4) is 0 Å². The Labute approximate surface area is 128 Å². The molecule has 1 aliphatic rings. The Morgan fingerprint density at radius 3 is 2.38 bits per heavy atom. The summed E-state index contributed by atoms with van der Waals surface area (Å²) < 4.78 is 27.1. The van der Waals surface area contributed by atoms with Crippen LogP contribution in [0.2, 0.25) is 5.02 Å². The minimum atomic E-state index is -3.85. The van der Waals surface area contributed by atoms with Crippen molar-refractivity contribution in [1.29, 1.82) is 0 Å². The topological polar surface area (TPSA) is 80.5 Å². The molecule has 0 spiro atoms. The van der Waals surface area contributed by atoms with Crippen molar-refractivity contribution < 1.29 is 13.3 Å². The molecular formula is C13H17ClN2O4S. The third-order valence-electron chi connectivity index (χ3n) is 3.79. The van der Waals surface area contributed by atoms with Gasteiger partial charge in [0.1, 0.15) is 4.90 Å². The summed E-state index contributed by atoms with van der Waals surface area (Å²) in [4.78, 5) is 10.0. The first-order valence-electron chi connectivity index (χ1n) is 6.72. The van der Waals surface area contributed by atoms with Crippen molar-refractivity contribution in [2.75, 3.05) is 0 Å². The Hall–Kier alpha value is -1.18. The molecule has 0 aliphatic carbocycles. The normalized spacial score (nSPS) is 24.0. The van der Waals surface area contributed by atoms with Gasteiger partial charge in [-0.1, -0.05) is 18.0 Å². The fourth-order valence-corrected chi connectivity index (χ4v) is 5.17. The first kappa shape index (κ1) is 16.2. The van der Waals surface area contributed by atoms with Gasteiger partial charge in [-0.3, -0.25) is 10.1 Å². The van der Waals surface area contributed by atoms with Crippen molar-refractivity contribution in [3.8, 4) is 0 Å². The van der Waals surface area contributed by atoms with Crippen molar-refractivity contribution in [3.05, 3.63) is 33.3 Å². The standard InChI is InChI=1S/C13H17ClN2O4S/c1-9-4-3-5-10(2)15(9)21(19,20)13-8-11(16(17)18)6-7-12(13)14/h6-10H,3-5H2,1-2H3/t9-,10+. The predicted molar refractivity (Wildman–Crippen MR) is 79.9 cm³/mol. The number of piperidine rings is 1. The van der Waals surface area contributed by atoms with E-state index in [1.165, 1.54) is 16.4 Å². The Balaban J connectivity index is 2.53. The average molecular weight is 333 g/mol. The summed E-state index contributed by atoms with van der Waals surface area (Å²) in [6.45, 7) is 3.69. The van der Waals surface area contributed by atoms with Gasteiger partial charge in [0.05, 0.1) is 9.95 Å². The Bertz CT molecular complexity index is 652. The van der Waals surface area contributed by atoms with Crippen molar-refractivity contribution >= 4 is 27.3 Å². The summed E-state index contributed by atoms with van der Waals surface area (Å²) in [5.41, 5.74) is -0.282. The zero-order valence-electron chi connectivity index (χ0n) is 11.8. The molecular weight excluding hydrogens is 316 g/mol. The highest BCUT2D eigenvalue weighted by atomic mass is 35.5. The van der Waals surface area contributed by atoms with Crippen LogP contribution < -0.4 is 0 Å². The number of nitro benzene ring substituents is 1. The summed E-state index contributed by atoms with van der Waals surface area (Å²) >= 11 is 5.97. The number of nitrogens with zero attached hydrogens (tertiary/aromatic N) is 2. The number of hydrogen-bond acceptors (Lipinski definition) is 4. The van der Waals surface area contributed by atoms with Crippen molar-refractivity contribution in [2.24, 2.45) is 0 Å². The van der Waals surface area contributed by atoms with E-state index in [9.17, 15) is 18.5 Å². The van der Waals surface area contributed by atoms with Crippen LogP contribution >= 0.6 is 11.6 Å². The van der Waals surface area contributed by atoms with E-state index >= 15 is 0 Å². The van der Waals surface area contributed by atoms with Gasteiger partial charge < -0.3 is 0 Å². The number of halogens is 1. The zero-order chi connectivity index (χ0) is 15.8. The van der Waals surface area contributed by atoms with Crippen LogP contribution in [0.15, 0.2) is 23.1 Å². The monoisotopic (exact) mass is 332 g/mol. The van der Waals surface area contributed by atoms with Gasteiger partial charge in [-0.25, -0.2) is 8.42 Å². The van der Waals surface area contributed by atoms with Crippen LogP contribution in [-0.2, 0) is 10.0 Å². The molecule has 0 radical (unpaired) electrons. The molecule has 0 unspecified atom stereocenters. The smallest absolute Gasteiger partial charge is 0.258 e. The maximum atomic E-state index is 12.8. The highest BCUT2D eigenvalue weighted by Gasteiger charge is 2.37. The molecule has 0 N–H and O–H groups in total. The maximum absolute atomic E-state index is 12.8. The van der Waals surface area contributed by atoms with Crippen LogP contribution in [0.1, 0.15) is 33.1 Å². The second-order valence-corrected chi connectivity index (χ2v) is 7.55. The molecule has 1 heterocycles. The summed E-state index contributed by atoms with van der Waals surface area (Å²) in [5, 5.41) is 10.9. The summed E-state index contributed by atoms with van der Waals surface area (Å²) in [6.07, 6.45) is 2.52. The summed E-state index contributed by atoms with van der Waals surface area (Å²) in [6, 6.07) is 3.20. The van der Waals surface area contributed by atoms with Gasteiger partial charge in [0, 0.05) is 24.2 Å². The second kappa shape index (κ2) is 5.90. The van der Waals surface area contributed by atoms with E-state index in [4.69, 9.17) is 11.6 Å². The molecule has 116 valence electrons. The Kier molecular flexibility index (Phi) is 4.55. The zero-order valence-corrected chi connectivity index (χ0v) is 13.4.